The van der Waals surface area contributed by atoms with E-state index in [9.17, 15) is 9.59 Å². The molecule has 0 radical (unpaired) electrons. The zero-order valence-electron chi connectivity index (χ0n) is 17.8. The summed E-state index contributed by atoms with van der Waals surface area (Å²) < 4.78 is 1.92. The molecule has 0 aliphatic carbocycles. The Morgan fingerprint density at radius 2 is 1.93 bits per heavy atom. The molecular weight excluding hydrogens is 386 g/mol. The van der Waals surface area contributed by atoms with Crippen molar-refractivity contribution in [1.29, 1.82) is 0 Å². The predicted molar refractivity (Wildman–Crippen MR) is 118 cm³/mol. The minimum absolute atomic E-state index is 0.0471. The van der Waals surface area contributed by atoms with Gasteiger partial charge in [0.2, 0.25) is 11.8 Å². The molecule has 0 aliphatic heterocycles. The highest BCUT2D eigenvalue weighted by atomic mass is 32.2. The van der Waals surface area contributed by atoms with Gasteiger partial charge in [-0.3, -0.25) is 14.0 Å². The molecule has 2 aromatic rings. The van der Waals surface area contributed by atoms with Gasteiger partial charge >= 0.3 is 0 Å². The molecule has 0 spiro atoms. The van der Waals surface area contributed by atoms with Crippen molar-refractivity contribution in [3.63, 3.8) is 0 Å². The van der Waals surface area contributed by atoms with Crippen LogP contribution in [0.15, 0.2) is 24.4 Å². The molecule has 0 bridgehead atoms. The summed E-state index contributed by atoms with van der Waals surface area (Å²) >= 11 is 1.73. The molecule has 0 aliphatic rings. The number of carbonyl (C=O) groups is 2. The molecular formula is C21H33N5O2S. The molecule has 1 atom stereocenters. The molecule has 160 valence electrons. The van der Waals surface area contributed by atoms with E-state index in [4.69, 9.17) is 0 Å². The minimum Gasteiger partial charge on any atom is -0.346 e. The van der Waals surface area contributed by atoms with Crippen LogP contribution in [0.4, 0.5) is 0 Å². The van der Waals surface area contributed by atoms with E-state index in [0.29, 0.717) is 19.3 Å². The second-order valence-electron chi connectivity index (χ2n) is 7.12. The van der Waals surface area contributed by atoms with Crippen molar-refractivity contribution in [3.05, 3.63) is 30.2 Å². The summed E-state index contributed by atoms with van der Waals surface area (Å²) in [4.78, 5) is 26.8. The van der Waals surface area contributed by atoms with Gasteiger partial charge in [0.1, 0.15) is 0 Å². The molecule has 1 unspecified atom stereocenters. The first-order valence-corrected chi connectivity index (χ1v) is 11.9. The Morgan fingerprint density at radius 3 is 2.62 bits per heavy atom. The second-order valence-corrected chi connectivity index (χ2v) is 8.11. The number of nitrogens with zero attached hydrogens (tertiary/aromatic N) is 4. The van der Waals surface area contributed by atoms with Crippen LogP contribution in [0.5, 0.6) is 0 Å². The van der Waals surface area contributed by atoms with E-state index in [2.05, 4.69) is 29.4 Å². The van der Waals surface area contributed by atoms with E-state index >= 15 is 0 Å². The summed E-state index contributed by atoms with van der Waals surface area (Å²) in [6, 6.07) is 5.55. The first-order valence-electron chi connectivity index (χ1n) is 10.5. The Balaban J connectivity index is 1.92. The van der Waals surface area contributed by atoms with E-state index in [1.54, 1.807) is 11.8 Å². The van der Waals surface area contributed by atoms with Crippen molar-refractivity contribution >= 4 is 29.2 Å². The average Bonchev–Trinajstić information content (AvgIpc) is 3.15. The zero-order valence-corrected chi connectivity index (χ0v) is 18.6. The number of hydrogen-bond acceptors (Lipinski definition) is 5. The lowest BCUT2D eigenvalue weighted by molar-refractivity contribution is -0.131. The van der Waals surface area contributed by atoms with Gasteiger partial charge in [-0.25, -0.2) is 0 Å². The summed E-state index contributed by atoms with van der Waals surface area (Å²) in [7, 11) is 0. The van der Waals surface area contributed by atoms with Crippen LogP contribution in [0.1, 0.15) is 64.2 Å². The van der Waals surface area contributed by atoms with Crippen molar-refractivity contribution < 1.29 is 9.59 Å². The van der Waals surface area contributed by atoms with Gasteiger partial charge in [0.05, 0.1) is 6.04 Å². The van der Waals surface area contributed by atoms with Crippen LogP contribution in [0.25, 0.3) is 5.65 Å². The molecule has 0 fully saturated rings. The number of rotatable bonds is 13. The lowest BCUT2D eigenvalue weighted by Gasteiger charge is -2.21. The largest absolute Gasteiger partial charge is 0.346 e. The average molecular weight is 420 g/mol. The van der Waals surface area contributed by atoms with Crippen LogP contribution in [0.3, 0.4) is 0 Å². The van der Waals surface area contributed by atoms with Gasteiger partial charge in [-0.2, -0.15) is 11.8 Å². The highest BCUT2D eigenvalue weighted by Crippen LogP contribution is 2.18. The SMILES string of the molecule is CCCN(CCC)C(=O)CCCC(=O)NC(CCSC)c1nnc2ccccn12. The van der Waals surface area contributed by atoms with Crippen LogP contribution < -0.4 is 5.32 Å². The van der Waals surface area contributed by atoms with Crippen LogP contribution >= 0.6 is 11.8 Å². The number of fused-ring (bicyclic) bond motifs is 1. The van der Waals surface area contributed by atoms with Gasteiger partial charge < -0.3 is 10.2 Å². The van der Waals surface area contributed by atoms with Crippen molar-refractivity contribution in [2.75, 3.05) is 25.1 Å². The Morgan fingerprint density at radius 1 is 1.17 bits per heavy atom. The molecule has 0 aromatic carbocycles. The molecule has 2 heterocycles. The number of amides is 2. The fraction of sp³-hybridized carbons (Fsp3) is 0.619. The smallest absolute Gasteiger partial charge is 0.222 e. The summed E-state index contributed by atoms with van der Waals surface area (Å²) in [6.07, 6.45) is 7.96. The Hall–Kier alpha value is -2.09. The third-order valence-corrected chi connectivity index (χ3v) is 5.38. The van der Waals surface area contributed by atoms with E-state index in [0.717, 1.165) is 49.6 Å². The van der Waals surface area contributed by atoms with Gasteiger partial charge in [-0.15, -0.1) is 10.2 Å². The fourth-order valence-corrected chi connectivity index (χ4v) is 3.80. The Kier molecular flexibility index (Phi) is 9.97. The number of aromatic nitrogens is 3. The fourth-order valence-electron chi connectivity index (χ4n) is 3.32. The second kappa shape index (κ2) is 12.5. The van der Waals surface area contributed by atoms with Crippen molar-refractivity contribution in [2.45, 2.75) is 58.4 Å². The summed E-state index contributed by atoms with van der Waals surface area (Å²) in [5.74, 6) is 1.75. The maximum atomic E-state index is 12.6. The number of hydrogen-bond donors (Lipinski definition) is 1. The summed E-state index contributed by atoms with van der Waals surface area (Å²) in [5, 5.41) is 11.6. The topological polar surface area (TPSA) is 79.6 Å². The monoisotopic (exact) mass is 419 g/mol. The molecule has 0 saturated heterocycles. The third kappa shape index (κ3) is 7.03. The number of thioether (sulfide) groups is 1. The molecule has 2 amide bonds. The Bertz CT molecular complexity index is 773. The quantitative estimate of drug-likeness (QED) is 0.538. The van der Waals surface area contributed by atoms with Gasteiger partial charge in [0.25, 0.3) is 0 Å². The predicted octanol–water partition coefficient (Wildman–Crippen LogP) is 3.46. The molecule has 0 saturated carbocycles. The van der Waals surface area contributed by atoms with E-state index in [1.165, 1.54) is 0 Å². The van der Waals surface area contributed by atoms with E-state index in [-0.39, 0.29) is 17.9 Å². The van der Waals surface area contributed by atoms with Crippen LogP contribution in [-0.2, 0) is 9.59 Å². The maximum Gasteiger partial charge on any atom is 0.222 e. The summed E-state index contributed by atoms with van der Waals surface area (Å²) in [6.45, 7) is 5.73. The van der Waals surface area contributed by atoms with Crippen LogP contribution in [0.2, 0.25) is 0 Å². The maximum absolute atomic E-state index is 12.6. The molecule has 2 aromatic heterocycles. The van der Waals surface area contributed by atoms with Crippen molar-refractivity contribution in [3.8, 4) is 0 Å². The molecule has 29 heavy (non-hydrogen) atoms. The molecule has 2 rings (SSSR count). The van der Waals surface area contributed by atoms with Gasteiger partial charge in [-0.1, -0.05) is 19.9 Å². The first kappa shape index (κ1) is 23.2. The zero-order chi connectivity index (χ0) is 21.1. The highest BCUT2D eigenvalue weighted by molar-refractivity contribution is 7.98. The third-order valence-electron chi connectivity index (χ3n) is 4.73. The van der Waals surface area contributed by atoms with Crippen LogP contribution in [0, 0.1) is 0 Å². The minimum atomic E-state index is -0.195. The normalized spacial score (nSPS) is 12.1. The van der Waals surface area contributed by atoms with Crippen LogP contribution in [-0.4, -0.2) is 56.4 Å². The molecule has 8 heteroatoms. The molecule has 7 nitrogen and oxygen atoms in total. The first-order chi connectivity index (χ1) is 14.1. The van der Waals surface area contributed by atoms with Gasteiger partial charge in [-0.05, 0) is 49.8 Å². The van der Waals surface area contributed by atoms with Gasteiger partial charge in [0.15, 0.2) is 11.5 Å². The number of nitrogens with one attached hydrogen (secondary N) is 1. The van der Waals surface area contributed by atoms with Crippen molar-refractivity contribution in [2.24, 2.45) is 0 Å². The number of carbonyl (C=O) groups excluding carboxylic acids is 2. The standard InChI is InChI=1S/C21H33N5O2S/c1-4-13-25(14-5-2)20(28)11-8-10-19(27)22-17(12-16-29-3)21-24-23-18-9-6-7-15-26(18)21/h6-7,9,15,17H,4-5,8,10-14,16H2,1-3H3,(H,22,27). The highest BCUT2D eigenvalue weighted by Gasteiger charge is 2.20. The molecule has 1 N–H and O–H groups in total. The lowest BCUT2D eigenvalue weighted by Crippen LogP contribution is -2.33. The van der Waals surface area contributed by atoms with E-state index < -0.39 is 0 Å². The van der Waals surface area contributed by atoms with Gasteiger partial charge in [0, 0.05) is 32.1 Å². The van der Waals surface area contributed by atoms with E-state index in [1.807, 2.05) is 40.0 Å². The van der Waals surface area contributed by atoms with Crippen molar-refractivity contribution in [1.82, 2.24) is 24.8 Å². The lowest BCUT2D eigenvalue weighted by atomic mass is 10.1. The summed E-state index contributed by atoms with van der Waals surface area (Å²) in [5.41, 5.74) is 0.767. The number of pyridine rings is 1. The Labute approximate surface area is 177 Å².